The average Bonchev–Trinajstić information content (AvgIpc) is 2.42. The van der Waals surface area contributed by atoms with Gasteiger partial charge in [-0.15, -0.1) is 0 Å². The van der Waals surface area contributed by atoms with Crippen molar-refractivity contribution in [2.45, 2.75) is 24.9 Å². The third-order valence-corrected chi connectivity index (χ3v) is 2.97. The van der Waals surface area contributed by atoms with Crippen molar-refractivity contribution in [2.75, 3.05) is 26.4 Å². The summed E-state index contributed by atoms with van der Waals surface area (Å²) in [6.45, 7) is 0.511. The molecule has 0 aliphatic carbocycles. The Morgan fingerprint density at radius 1 is 1.45 bits per heavy atom. The molecule has 0 saturated carbocycles. The molecule has 0 radical (unpaired) electrons. The van der Waals surface area contributed by atoms with Crippen molar-refractivity contribution in [3.8, 4) is 0 Å². The summed E-state index contributed by atoms with van der Waals surface area (Å²) in [6.07, 6.45) is -0.214. The van der Waals surface area contributed by atoms with Gasteiger partial charge in [0.2, 0.25) is 5.91 Å². The summed E-state index contributed by atoms with van der Waals surface area (Å²) in [6, 6.07) is -2.31. The largest absolute Gasteiger partial charge is 0.480 e. The normalized spacial score (nSPS) is 20.2. The zero-order valence-corrected chi connectivity index (χ0v) is 10.9. The maximum absolute atomic E-state index is 12.0. The monoisotopic (exact) mass is 289 g/mol. The highest BCUT2D eigenvalue weighted by atomic mass is 16.5. The van der Waals surface area contributed by atoms with Crippen molar-refractivity contribution in [1.29, 1.82) is 0 Å². The van der Waals surface area contributed by atoms with E-state index in [0.29, 0.717) is 6.61 Å². The molecule has 1 aliphatic heterocycles. The number of carboxylic acids is 1. The van der Waals surface area contributed by atoms with Gasteiger partial charge in [-0.05, 0) is 6.42 Å². The number of nitrogens with zero attached hydrogens (tertiary/aromatic N) is 1. The second-order valence-electron chi connectivity index (χ2n) is 4.45. The SMILES string of the molecule is NC(=O)CC[C@H](NC(=O)N1CCOCC1CO)C(=O)O. The summed E-state index contributed by atoms with van der Waals surface area (Å²) in [5.41, 5.74) is 4.95. The number of nitrogens with one attached hydrogen (secondary N) is 1. The van der Waals surface area contributed by atoms with Crippen molar-refractivity contribution in [3.05, 3.63) is 0 Å². The number of rotatable bonds is 6. The van der Waals surface area contributed by atoms with Crippen LogP contribution in [0.25, 0.3) is 0 Å². The van der Waals surface area contributed by atoms with E-state index in [-0.39, 0.29) is 32.6 Å². The molecule has 0 aromatic rings. The lowest BCUT2D eigenvalue weighted by Crippen LogP contribution is -2.56. The molecule has 5 N–H and O–H groups in total. The highest BCUT2D eigenvalue weighted by Crippen LogP contribution is 2.08. The Bertz CT molecular complexity index is 375. The lowest BCUT2D eigenvalue weighted by Gasteiger charge is -2.35. The van der Waals surface area contributed by atoms with E-state index in [0.717, 1.165) is 0 Å². The van der Waals surface area contributed by atoms with Gasteiger partial charge < -0.3 is 30.9 Å². The third kappa shape index (κ3) is 4.67. The first-order valence-corrected chi connectivity index (χ1v) is 6.22. The number of aliphatic carboxylic acids is 1. The standard InChI is InChI=1S/C11H19N3O6/c12-9(16)2-1-8(10(17)18)13-11(19)14-3-4-20-6-7(14)5-15/h7-8,15H,1-6H2,(H2,12,16)(H,13,19)(H,17,18)/t7?,8-/m0/s1. The Morgan fingerprint density at radius 3 is 2.70 bits per heavy atom. The summed E-state index contributed by atoms with van der Waals surface area (Å²) in [5.74, 6) is -1.88. The van der Waals surface area contributed by atoms with Gasteiger partial charge in [-0.3, -0.25) is 4.79 Å². The molecule has 0 spiro atoms. The van der Waals surface area contributed by atoms with E-state index in [1.807, 2.05) is 0 Å². The molecule has 1 heterocycles. The van der Waals surface area contributed by atoms with Gasteiger partial charge in [0.15, 0.2) is 0 Å². The summed E-state index contributed by atoms with van der Waals surface area (Å²) < 4.78 is 5.13. The maximum atomic E-state index is 12.0. The first-order chi connectivity index (χ1) is 9.45. The van der Waals surface area contributed by atoms with Crippen molar-refractivity contribution < 1.29 is 29.3 Å². The van der Waals surface area contributed by atoms with Crippen LogP contribution in [0.3, 0.4) is 0 Å². The van der Waals surface area contributed by atoms with Crippen LogP contribution in [0.1, 0.15) is 12.8 Å². The highest BCUT2D eigenvalue weighted by molar-refractivity contribution is 5.83. The van der Waals surface area contributed by atoms with Gasteiger partial charge in [-0.2, -0.15) is 0 Å². The quantitative estimate of drug-likeness (QED) is 0.450. The summed E-state index contributed by atoms with van der Waals surface area (Å²) >= 11 is 0. The van der Waals surface area contributed by atoms with Gasteiger partial charge in [0, 0.05) is 13.0 Å². The predicted octanol–water partition coefficient (Wildman–Crippen LogP) is -1.89. The molecule has 9 heteroatoms. The Balaban J connectivity index is 2.59. The number of hydrogen-bond donors (Lipinski definition) is 4. The lowest BCUT2D eigenvalue weighted by atomic mass is 10.1. The van der Waals surface area contributed by atoms with Crippen LogP contribution < -0.4 is 11.1 Å². The Labute approximate surface area is 115 Å². The van der Waals surface area contributed by atoms with Crippen LogP contribution in [0.15, 0.2) is 0 Å². The molecule has 1 rings (SSSR count). The highest BCUT2D eigenvalue weighted by Gasteiger charge is 2.29. The molecule has 0 bridgehead atoms. The van der Waals surface area contributed by atoms with Crippen LogP contribution in [0.2, 0.25) is 0 Å². The third-order valence-electron chi connectivity index (χ3n) is 2.97. The number of amides is 3. The molecular formula is C11H19N3O6. The van der Waals surface area contributed by atoms with E-state index in [9.17, 15) is 14.4 Å². The molecule has 2 atom stereocenters. The molecular weight excluding hydrogens is 270 g/mol. The number of primary amides is 1. The zero-order chi connectivity index (χ0) is 15.1. The minimum absolute atomic E-state index is 0.0788. The predicted molar refractivity (Wildman–Crippen MR) is 66.8 cm³/mol. The fraction of sp³-hybridized carbons (Fsp3) is 0.727. The van der Waals surface area contributed by atoms with E-state index in [1.165, 1.54) is 4.90 Å². The van der Waals surface area contributed by atoms with Crippen molar-refractivity contribution >= 4 is 17.9 Å². The van der Waals surface area contributed by atoms with Crippen molar-refractivity contribution in [2.24, 2.45) is 5.73 Å². The van der Waals surface area contributed by atoms with Crippen LogP contribution in [-0.2, 0) is 14.3 Å². The van der Waals surface area contributed by atoms with Gasteiger partial charge in [0.05, 0.1) is 25.9 Å². The second-order valence-corrected chi connectivity index (χ2v) is 4.45. The molecule has 0 aromatic heterocycles. The van der Waals surface area contributed by atoms with Gasteiger partial charge in [0.1, 0.15) is 6.04 Å². The topological polar surface area (TPSA) is 142 Å². The Kier molecular flexibility index (Phi) is 6.19. The van der Waals surface area contributed by atoms with E-state index >= 15 is 0 Å². The molecule has 3 amide bonds. The number of morpholine rings is 1. The van der Waals surface area contributed by atoms with Crippen LogP contribution in [0.4, 0.5) is 4.79 Å². The van der Waals surface area contributed by atoms with Crippen molar-refractivity contribution in [3.63, 3.8) is 0 Å². The van der Waals surface area contributed by atoms with E-state index in [2.05, 4.69) is 5.32 Å². The minimum atomic E-state index is -1.24. The molecule has 0 aromatic carbocycles. The number of carboxylic acid groups (broad SMARTS) is 1. The van der Waals surface area contributed by atoms with E-state index in [1.54, 1.807) is 0 Å². The number of aliphatic hydroxyl groups is 1. The van der Waals surface area contributed by atoms with Gasteiger partial charge in [0.25, 0.3) is 0 Å². The lowest BCUT2D eigenvalue weighted by molar-refractivity contribution is -0.139. The Morgan fingerprint density at radius 2 is 2.15 bits per heavy atom. The molecule has 9 nitrogen and oxygen atoms in total. The number of ether oxygens (including phenoxy) is 1. The zero-order valence-electron chi connectivity index (χ0n) is 10.9. The molecule has 1 fully saturated rings. The number of carbonyl (C=O) groups is 3. The smallest absolute Gasteiger partial charge is 0.326 e. The van der Waals surface area contributed by atoms with E-state index in [4.69, 9.17) is 20.7 Å². The fourth-order valence-electron chi connectivity index (χ4n) is 1.85. The summed E-state index contributed by atoms with van der Waals surface area (Å²) in [7, 11) is 0. The van der Waals surface area contributed by atoms with Crippen LogP contribution in [0.5, 0.6) is 0 Å². The van der Waals surface area contributed by atoms with Gasteiger partial charge in [-0.1, -0.05) is 0 Å². The molecule has 1 unspecified atom stereocenters. The van der Waals surface area contributed by atoms with Crippen LogP contribution in [-0.4, -0.2) is 71.5 Å². The molecule has 1 saturated heterocycles. The van der Waals surface area contributed by atoms with Crippen molar-refractivity contribution in [1.82, 2.24) is 10.2 Å². The minimum Gasteiger partial charge on any atom is -0.480 e. The summed E-state index contributed by atoms with van der Waals surface area (Å²) in [4.78, 5) is 35.0. The molecule has 114 valence electrons. The number of carbonyl (C=O) groups excluding carboxylic acids is 2. The van der Waals surface area contributed by atoms with Crippen LogP contribution in [0, 0.1) is 0 Å². The maximum Gasteiger partial charge on any atom is 0.326 e. The average molecular weight is 289 g/mol. The number of aliphatic hydroxyl groups excluding tert-OH is 1. The first kappa shape index (κ1) is 16.2. The summed E-state index contributed by atoms with van der Waals surface area (Å²) in [5, 5.41) is 20.5. The molecule has 20 heavy (non-hydrogen) atoms. The van der Waals surface area contributed by atoms with Gasteiger partial charge >= 0.3 is 12.0 Å². The number of hydrogen-bond acceptors (Lipinski definition) is 5. The molecule has 1 aliphatic rings. The number of urea groups is 1. The fourth-order valence-corrected chi connectivity index (χ4v) is 1.85. The number of nitrogens with two attached hydrogens (primary N) is 1. The van der Waals surface area contributed by atoms with E-state index < -0.39 is 30.0 Å². The Hall–Kier alpha value is -1.87. The van der Waals surface area contributed by atoms with Gasteiger partial charge in [-0.25, -0.2) is 9.59 Å². The second kappa shape index (κ2) is 7.65. The first-order valence-electron chi connectivity index (χ1n) is 6.22. The van der Waals surface area contributed by atoms with Crippen LogP contribution >= 0.6 is 0 Å².